The molecule has 0 heterocycles. The quantitative estimate of drug-likeness (QED) is 0.739. The van der Waals surface area contributed by atoms with E-state index < -0.39 is 0 Å². The van der Waals surface area contributed by atoms with Gasteiger partial charge in [-0.1, -0.05) is 24.5 Å². The van der Waals surface area contributed by atoms with E-state index in [-0.39, 0.29) is 5.60 Å². The lowest BCUT2D eigenvalue weighted by Gasteiger charge is -2.36. The zero-order valence-electron chi connectivity index (χ0n) is 12.0. The Kier molecular flexibility index (Phi) is 6.21. The number of likely N-dealkylation sites (N-methyl/N-ethyl adjacent to an activating group) is 1. The second kappa shape index (κ2) is 7.17. The van der Waals surface area contributed by atoms with Gasteiger partial charge in [0.15, 0.2) is 0 Å². The summed E-state index contributed by atoms with van der Waals surface area (Å²) >= 11 is 0. The molecule has 0 amide bonds. The highest BCUT2D eigenvalue weighted by Crippen LogP contribution is 2.27. The van der Waals surface area contributed by atoms with Crippen LogP contribution in [0.15, 0.2) is 11.6 Å². The van der Waals surface area contributed by atoms with Crippen molar-refractivity contribution >= 4 is 0 Å². The molecular weight excluding hydrogens is 210 g/mol. The van der Waals surface area contributed by atoms with Gasteiger partial charge in [0.1, 0.15) is 0 Å². The van der Waals surface area contributed by atoms with Gasteiger partial charge >= 0.3 is 0 Å². The van der Waals surface area contributed by atoms with E-state index in [2.05, 4.69) is 32.2 Å². The number of hydrogen-bond donors (Lipinski definition) is 1. The van der Waals surface area contributed by atoms with Gasteiger partial charge in [-0.3, -0.25) is 0 Å². The lowest BCUT2D eigenvalue weighted by Crippen LogP contribution is -2.48. The summed E-state index contributed by atoms with van der Waals surface area (Å²) in [4.78, 5) is 0. The summed E-state index contributed by atoms with van der Waals surface area (Å²) in [6.07, 6.45) is 10.3. The largest absolute Gasteiger partial charge is 0.374 e. The fourth-order valence-electron chi connectivity index (χ4n) is 2.91. The molecule has 0 saturated carbocycles. The first-order valence-corrected chi connectivity index (χ1v) is 7.12. The van der Waals surface area contributed by atoms with Crippen LogP contribution in [0.2, 0.25) is 0 Å². The Balaban J connectivity index is 2.76. The number of allylic oxidation sites excluding steroid dienone is 1. The molecule has 0 aromatic rings. The van der Waals surface area contributed by atoms with Crippen molar-refractivity contribution in [3.05, 3.63) is 11.6 Å². The van der Waals surface area contributed by atoms with Crippen LogP contribution >= 0.6 is 0 Å². The van der Waals surface area contributed by atoms with Crippen LogP contribution in [0.25, 0.3) is 0 Å². The molecule has 1 aliphatic rings. The predicted molar refractivity (Wildman–Crippen MR) is 74.3 cm³/mol. The second-order valence-corrected chi connectivity index (χ2v) is 5.49. The van der Waals surface area contributed by atoms with Crippen molar-refractivity contribution in [3.8, 4) is 0 Å². The molecule has 0 radical (unpaired) electrons. The number of nitrogens with one attached hydrogen (secondary N) is 1. The second-order valence-electron chi connectivity index (χ2n) is 5.49. The highest BCUT2D eigenvalue weighted by Gasteiger charge is 2.31. The normalized spacial score (nSPS) is 20.4. The first kappa shape index (κ1) is 14.7. The van der Waals surface area contributed by atoms with Crippen LogP contribution in [0.5, 0.6) is 0 Å². The van der Waals surface area contributed by atoms with Crippen LogP contribution in [-0.2, 0) is 4.74 Å². The van der Waals surface area contributed by atoms with E-state index in [4.69, 9.17) is 4.74 Å². The number of rotatable bonds is 5. The number of hydrogen-bond acceptors (Lipinski definition) is 2. The highest BCUT2D eigenvalue weighted by atomic mass is 16.5. The molecule has 0 spiro atoms. The molecule has 0 fully saturated rings. The molecule has 2 nitrogen and oxygen atoms in total. The summed E-state index contributed by atoms with van der Waals surface area (Å²) in [5, 5.41) is 3.45. The molecule has 0 aromatic carbocycles. The lowest BCUT2D eigenvalue weighted by atomic mass is 9.86. The topological polar surface area (TPSA) is 21.3 Å². The van der Waals surface area contributed by atoms with Gasteiger partial charge in [0.2, 0.25) is 0 Å². The average molecular weight is 239 g/mol. The maximum absolute atomic E-state index is 5.90. The molecule has 100 valence electrons. The SMILES string of the molecule is CCOC(C)(C)C(NC)C1=CCCCCCC1. The molecule has 1 aliphatic carbocycles. The molecule has 17 heavy (non-hydrogen) atoms. The maximum atomic E-state index is 5.90. The fraction of sp³-hybridized carbons (Fsp3) is 0.867. The van der Waals surface area contributed by atoms with Crippen molar-refractivity contribution in [3.63, 3.8) is 0 Å². The monoisotopic (exact) mass is 239 g/mol. The van der Waals surface area contributed by atoms with Crippen molar-refractivity contribution < 1.29 is 4.74 Å². The minimum absolute atomic E-state index is 0.117. The summed E-state index contributed by atoms with van der Waals surface area (Å²) in [7, 11) is 2.05. The zero-order chi connectivity index (χ0) is 12.7. The summed E-state index contributed by atoms with van der Waals surface area (Å²) in [6, 6.07) is 0.348. The fourth-order valence-corrected chi connectivity index (χ4v) is 2.91. The van der Waals surface area contributed by atoms with Gasteiger partial charge in [-0.25, -0.2) is 0 Å². The highest BCUT2D eigenvalue weighted by molar-refractivity contribution is 5.16. The Hall–Kier alpha value is -0.340. The van der Waals surface area contributed by atoms with Gasteiger partial charge in [-0.2, -0.15) is 0 Å². The summed E-state index contributed by atoms with van der Waals surface area (Å²) in [5.41, 5.74) is 1.43. The van der Waals surface area contributed by atoms with E-state index in [1.54, 1.807) is 5.57 Å². The van der Waals surface area contributed by atoms with Gasteiger partial charge in [0.05, 0.1) is 11.6 Å². The van der Waals surface area contributed by atoms with Crippen molar-refractivity contribution in [1.29, 1.82) is 0 Å². The molecule has 0 aliphatic heterocycles. The van der Waals surface area contributed by atoms with Crippen LogP contribution in [0, 0.1) is 0 Å². The molecule has 0 bridgehead atoms. The Morgan fingerprint density at radius 1 is 1.29 bits per heavy atom. The molecule has 1 unspecified atom stereocenters. The molecule has 1 N–H and O–H groups in total. The minimum atomic E-state index is -0.117. The molecule has 0 saturated heterocycles. The van der Waals surface area contributed by atoms with Crippen LogP contribution < -0.4 is 5.32 Å². The zero-order valence-corrected chi connectivity index (χ0v) is 12.0. The van der Waals surface area contributed by atoms with Crippen LogP contribution in [0.1, 0.15) is 59.3 Å². The minimum Gasteiger partial charge on any atom is -0.374 e. The third-order valence-corrected chi connectivity index (χ3v) is 3.70. The molecule has 1 atom stereocenters. The van der Waals surface area contributed by atoms with E-state index >= 15 is 0 Å². The van der Waals surface area contributed by atoms with Gasteiger partial charge in [0, 0.05) is 6.61 Å². The van der Waals surface area contributed by atoms with E-state index in [0.717, 1.165) is 6.61 Å². The summed E-state index contributed by atoms with van der Waals surface area (Å²) in [5.74, 6) is 0. The Morgan fingerprint density at radius 2 is 2.00 bits per heavy atom. The van der Waals surface area contributed by atoms with E-state index in [0.29, 0.717) is 6.04 Å². The van der Waals surface area contributed by atoms with Gasteiger partial charge in [-0.05, 0) is 53.5 Å². The van der Waals surface area contributed by atoms with Crippen molar-refractivity contribution in [1.82, 2.24) is 5.32 Å². The summed E-state index contributed by atoms with van der Waals surface area (Å²) < 4.78 is 5.90. The van der Waals surface area contributed by atoms with Gasteiger partial charge in [0.25, 0.3) is 0 Å². The molecule has 0 aromatic heterocycles. The average Bonchev–Trinajstić information content (AvgIpc) is 2.21. The van der Waals surface area contributed by atoms with Crippen LogP contribution in [-0.4, -0.2) is 25.3 Å². The van der Waals surface area contributed by atoms with Crippen molar-refractivity contribution in [2.75, 3.05) is 13.7 Å². The summed E-state index contributed by atoms with van der Waals surface area (Å²) in [6.45, 7) is 7.23. The first-order valence-electron chi connectivity index (χ1n) is 7.12. The smallest absolute Gasteiger partial charge is 0.0816 e. The maximum Gasteiger partial charge on any atom is 0.0816 e. The van der Waals surface area contributed by atoms with Crippen molar-refractivity contribution in [2.45, 2.75) is 70.9 Å². The van der Waals surface area contributed by atoms with Gasteiger partial charge in [-0.15, -0.1) is 0 Å². The molecular formula is C15H29NO. The van der Waals surface area contributed by atoms with Crippen LogP contribution in [0.3, 0.4) is 0 Å². The predicted octanol–water partition coefficient (Wildman–Crippen LogP) is 3.67. The third kappa shape index (κ3) is 4.44. The van der Waals surface area contributed by atoms with E-state index in [1.807, 2.05) is 7.05 Å². The standard InChI is InChI=1S/C15H29NO/c1-5-17-15(2,3)14(16-4)13-11-9-7-6-8-10-12-13/h11,14,16H,5-10,12H2,1-4H3. The van der Waals surface area contributed by atoms with E-state index in [1.165, 1.54) is 38.5 Å². The Labute approximate surface area is 107 Å². The third-order valence-electron chi connectivity index (χ3n) is 3.70. The van der Waals surface area contributed by atoms with Crippen LogP contribution in [0.4, 0.5) is 0 Å². The molecule has 1 rings (SSSR count). The first-order chi connectivity index (χ1) is 8.11. The Bertz CT molecular complexity index is 245. The van der Waals surface area contributed by atoms with Crippen molar-refractivity contribution in [2.24, 2.45) is 0 Å². The van der Waals surface area contributed by atoms with Gasteiger partial charge < -0.3 is 10.1 Å². The lowest BCUT2D eigenvalue weighted by molar-refractivity contribution is -0.0285. The molecule has 2 heteroatoms. The Morgan fingerprint density at radius 3 is 2.65 bits per heavy atom. The number of ether oxygens (including phenoxy) is 1. The van der Waals surface area contributed by atoms with E-state index in [9.17, 15) is 0 Å².